The Bertz CT molecular complexity index is 708. The summed E-state index contributed by atoms with van der Waals surface area (Å²) in [7, 11) is 1.73. The zero-order valence-corrected chi connectivity index (χ0v) is 17.1. The highest BCUT2D eigenvalue weighted by atomic mass is 32.1. The van der Waals surface area contributed by atoms with E-state index in [0.717, 1.165) is 35.6 Å². The van der Waals surface area contributed by atoms with E-state index in [4.69, 9.17) is 4.52 Å². The second kappa shape index (κ2) is 11.4. The molecule has 0 bridgehead atoms. The molecule has 2 heterocycles. The highest BCUT2D eigenvalue weighted by molar-refractivity contribution is 7.12. The Morgan fingerprint density at radius 2 is 2.04 bits per heavy atom. The molecule has 1 amide bonds. The third-order valence-electron chi connectivity index (χ3n) is 4.31. The molecule has 27 heavy (non-hydrogen) atoms. The lowest BCUT2D eigenvalue weighted by Gasteiger charge is -2.11. The number of aromatic nitrogens is 1. The number of carbonyl (C=O) groups is 1. The van der Waals surface area contributed by atoms with Crippen molar-refractivity contribution in [2.24, 2.45) is 4.99 Å². The van der Waals surface area contributed by atoms with Crippen LogP contribution in [0.4, 0.5) is 0 Å². The highest BCUT2D eigenvalue weighted by Gasteiger charge is 2.13. The molecule has 0 aliphatic rings. The number of aliphatic imine (C=N–C) groups is 1. The smallest absolute Gasteiger partial charge is 0.261 e. The highest BCUT2D eigenvalue weighted by Crippen LogP contribution is 2.22. The molecule has 0 unspecified atom stereocenters. The molecule has 8 heteroatoms. The summed E-state index contributed by atoms with van der Waals surface area (Å²) in [5, 5.41) is 15.4. The molecule has 0 radical (unpaired) electrons. The molecular formula is C19H29N5O2S. The number of nitrogens with zero attached hydrogens (tertiary/aromatic N) is 2. The number of hydrogen-bond donors (Lipinski definition) is 3. The normalized spacial score (nSPS) is 11.6. The van der Waals surface area contributed by atoms with Crippen molar-refractivity contribution in [2.75, 3.05) is 20.1 Å². The molecule has 0 aromatic carbocycles. The van der Waals surface area contributed by atoms with Crippen LogP contribution >= 0.6 is 11.3 Å². The molecule has 0 aliphatic heterocycles. The van der Waals surface area contributed by atoms with Crippen molar-refractivity contribution in [3.8, 4) is 0 Å². The minimum atomic E-state index is -0.0221. The maximum Gasteiger partial charge on any atom is 0.261 e. The number of nitrogens with one attached hydrogen (secondary N) is 3. The predicted molar refractivity (Wildman–Crippen MR) is 109 cm³/mol. The van der Waals surface area contributed by atoms with Gasteiger partial charge in [-0.2, -0.15) is 0 Å². The van der Waals surface area contributed by atoms with Crippen LogP contribution in [0.2, 0.25) is 0 Å². The van der Waals surface area contributed by atoms with Gasteiger partial charge < -0.3 is 20.5 Å². The second-order valence-electron chi connectivity index (χ2n) is 6.17. The van der Waals surface area contributed by atoms with Gasteiger partial charge in [0.25, 0.3) is 5.91 Å². The summed E-state index contributed by atoms with van der Waals surface area (Å²) in [6.07, 6.45) is 2.92. The van der Waals surface area contributed by atoms with Crippen LogP contribution in [0, 0.1) is 0 Å². The van der Waals surface area contributed by atoms with Gasteiger partial charge in [0.1, 0.15) is 0 Å². The van der Waals surface area contributed by atoms with E-state index in [-0.39, 0.29) is 5.91 Å². The Hall–Kier alpha value is -2.35. The summed E-state index contributed by atoms with van der Waals surface area (Å²) >= 11 is 1.44. The van der Waals surface area contributed by atoms with Crippen molar-refractivity contribution in [1.29, 1.82) is 0 Å². The quantitative estimate of drug-likeness (QED) is 0.329. The standard InChI is InChI=1S/C19H29N5O2S/c1-4-14(5-2)16-12-15(26-24-16)13-23-19(20-3)22-10-7-9-21-18(25)17-8-6-11-27-17/h6,8,11-12,14H,4-5,7,9-10,13H2,1-3H3,(H,21,25)(H2,20,22,23). The number of thiophene rings is 1. The lowest BCUT2D eigenvalue weighted by atomic mass is 9.99. The van der Waals surface area contributed by atoms with Crippen molar-refractivity contribution in [2.45, 2.75) is 45.6 Å². The Balaban J connectivity index is 1.65. The Kier molecular flexibility index (Phi) is 8.83. The summed E-state index contributed by atoms with van der Waals surface area (Å²) in [6.45, 7) is 6.17. The molecule has 0 saturated heterocycles. The van der Waals surface area contributed by atoms with Crippen molar-refractivity contribution >= 4 is 23.2 Å². The molecular weight excluding hydrogens is 362 g/mol. The summed E-state index contributed by atoms with van der Waals surface area (Å²) in [5.41, 5.74) is 1.02. The van der Waals surface area contributed by atoms with Crippen LogP contribution in [0.15, 0.2) is 33.1 Å². The van der Waals surface area contributed by atoms with Gasteiger partial charge in [0.2, 0.25) is 0 Å². The molecule has 0 saturated carbocycles. The van der Waals surface area contributed by atoms with Crippen molar-refractivity contribution in [3.63, 3.8) is 0 Å². The summed E-state index contributed by atoms with van der Waals surface area (Å²) < 4.78 is 5.41. The van der Waals surface area contributed by atoms with Gasteiger partial charge in [-0.05, 0) is 30.7 Å². The maximum atomic E-state index is 11.8. The fraction of sp³-hybridized carbons (Fsp3) is 0.526. The first-order valence-corrected chi connectivity index (χ1v) is 10.3. The molecule has 3 N–H and O–H groups in total. The SMILES string of the molecule is CCC(CC)c1cc(CNC(=NC)NCCCNC(=O)c2cccs2)on1. The summed E-state index contributed by atoms with van der Waals surface area (Å²) in [4.78, 5) is 16.8. The zero-order chi connectivity index (χ0) is 19.5. The van der Waals surface area contributed by atoms with E-state index >= 15 is 0 Å². The van der Waals surface area contributed by atoms with Gasteiger partial charge in [0, 0.05) is 32.1 Å². The number of hydrogen-bond acceptors (Lipinski definition) is 5. The lowest BCUT2D eigenvalue weighted by molar-refractivity contribution is 0.0957. The van der Waals surface area contributed by atoms with Crippen LogP contribution < -0.4 is 16.0 Å². The fourth-order valence-electron chi connectivity index (χ4n) is 2.70. The van der Waals surface area contributed by atoms with Gasteiger partial charge in [-0.3, -0.25) is 9.79 Å². The summed E-state index contributed by atoms with van der Waals surface area (Å²) in [5.74, 6) is 1.92. The van der Waals surface area contributed by atoms with Gasteiger partial charge in [-0.1, -0.05) is 25.1 Å². The predicted octanol–water partition coefficient (Wildman–Crippen LogP) is 3.12. The van der Waals surface area contributed by atoms with Gasteiger partial charge >= 0.3 is 0 Å². The minimum Gasteiger partial charge on any atom is -0.359 e. The topological polar surface area (TPSA) is 91.6 Å². The zero-order valence-electron chi connectivity index (χ0n) is 16.2. The van der Waals surface area contributed by atoms with E-state index in [1.54, 1.807) is 7.05 Å². The first-order chi connectivity index (χ1) is 13.2. The minimum absolute atomic E-state index is 0.0221. The monoisotopic (exact) mass is 391 g/mol. The van der Waals surface area contributed by atoms with Crippen LogP contribution in [0.25, 0.3) is 0 Å². The first-order valence-electron chi connectivity index (χ1n) is 9.39. The first kappa shape index (κ1) is 21.0. The Morgan fingerprint density at radius 3 is 2.70 bits per heavy atom. The molecule has 0 fully saturated rings. The molecule has 2 aromatic heterocycles. The largest absolute Gasteiger partial charge is 0.359 e. The van der Waals surface area contributed by atoms with Crippen LogP contribution in [-0.2, 0) is 6.54 Å². The van der Waals surface area contributed by atoms with E-state index in [0.29, 0.717) is 31.5 Å². The lowest BCUT2D eigenvalue weighted by Crippen LogP contribution is -2.38. The van der Waals surface area contributed by atoms with Crippen molar-refractivity contribution in [3.05, 3.63) is 39.9 Å². The average molecular weight is 392 g/mol. The van der Waals surface area contributed by atoms with Crippen LogP contribution in [0.1, 0.15) is 60.2 Å². The molecule has 0 spiro atoms. The second-order valence-corrected chi connectivity index (χ2v) is 7.12. The molecule has 0 aliphatic carbocycles. The van der Waals surface area contributed by atoms with E-state index in [2.05, 4.69) is 39.9 Å². The number of rotatable bonds is 10. The van der Waals surface area contributed by atoms with E-state index in [1.807, 2.05) is 23.6 Å². The van der Waals surface area contributed by atoms with Gasteiger partial charge in [-0.25, -0.2) is 0 Å². The number of carbonyl (C=O) groups excluding carboxylic acids is 1. The third-order valence-corrected chi connectivity index (χ3v) is 5.18. The molecule has 148 valence electrons. The Labute approximate surface area is 164 Å². The van der Waals surface area contributed by atoms with Crippen LogP contribution in [0.3, 0.4) is 0 Å². The van der Waals surface area contributed by atoms with Gasteiger partial charge in [0.05, 0.1) is 17.1 Å². The number of amides is 1. The van der Waals surface area contributed by atoms with Crippen molar-refractivity contribution in [1.82, 2.24) is 21.1 Å². The average Bonchev–Trinajstić information content (AvgIpc) is 3.37. The Morgan fingerprint density at radius 1 is 1.26 bits per heavy atom. The fourth-order valence-corrected chi connectivity index (χ4v) is 3.34. The van der Waals surface area contributed by atoms with E-state index < -0.39 is 0 Å². The van der Waals surface area contributed by atoms with Crippen molar-refractivity contribution < 1.29 is 9.32 Å². The number of guanidine groups is 1. The molecule has 2 aromatic rings. The molecule has 2 rings (SSSR count). The van der Waals surface area contributed by atoms with Crippen LogP contribution in [0.5, 0.6) is 0 Å². The summed E-state index contributed by atoms with van der Waals surface area (Å²) in [6, 6.07) is 5.71. The third kappa shape index (κ3) is 6.71. The van der Waals surface area contributed by atoms with E-state index in [9.17, 15) is 4.79 Å². The molecule has 0 atom stereocenters. The van der Waals surface area contributed by atoms with Crippen LogP contribution in [-0.4, -0.2) is 37.2 Å². The van der Waals surface area contributed by atoms with E-state index in [1.165, 1.54) is 11.3 Å². The van der Waals surface area contributed by atoms with Gasteiger partial charge in [0.15, 0.2) is 11.7 Å². The maximum absolute atomic E-state index is 11.8. The van der Waals surface area contributed by atoms with Gasteiger partial charge in [-0.15, -0.1) is 11.3 Å². The molecule has 7 nitrogen and oxygen atoms in total.